The van der Waals surface area contributed by atoms with E-state index < -0.39 is 0 Å². The van der Waals surface area contributed by atoms with E-state index in [1.54, 1.807) is 0 Å². The molecule has 1 unspecified atom stereocenters. The molecule has 0 saturated carbocycles. The van der Waals surface area contributed by atoms with E-state index in [1.165, 1.54) is 21.9 Å². The summed E-state index contributed by atoms with van der Waals surface area (Å²) in [5.41, 5.74) is 4.60. The van der Waals surface area contributed by atoms with Gasteiger partial charge in [-0.25, -0.2) is 4.68 Å². The van der Waals surface area contributed by atoms with Gasteiger partial charge < -0.3 is 15.2 Å². The van der Waals surface area contributed by atoms with Crippen molar-refractivity contribution in [1.29, 1.82) is 0 Å². The van der Waals surface area contributed by atoms with Crippen LogP contribution < -0.4 is 10.1 Å². The van der Waals surface area contributed by atoms with E-state index in [9.17, 15) is 0 Å². The van der Waals surface area contributed by atoms with E-state index >= 15 is 0 Å². The highest BCUT2D eigenvalue weighted by atomic mass is 16.5. The van der Waals surface area contributed by atoms with Crippen LogP contribution in [-0.2, 0) is 6.54 Å². The summed E-state index contributed by atoms with van der Waals surface area (Å²) in [5.74, 6) is 0.771. The molecule has 4 aromatic rings. The molecule has 30 heavy (non-hydrogen) atoms. The Morgan fingerprint density at radius 2 is 1.80 bits per heavy atom. The summed E-state index contributed by atoms with van der Waals surface area (Å²) in [4.78, 5) is 0. The zero-order valence-electron chi connectivity index (χ0n) is 17.4. The van der Waals surface area contributed by atoms with Gasteiger partial charge in [0, 0.05) is 29.2 Å². The van der Waals surface area contributed by atoms with E-state index in [1.807, 2.05) is 35.1 Å². The minimum atomic E-state index is 0.0205. The van der Waals surface area contributed by atoms with Gasteiger partial charge in [0.25, 0.3) is 0 Å². The smallest absolute Gasteiger partial charge is 0.119 e. The average molecular weight is 402 g/mol. The molecule has 154 valence electrons. The van der Waals surface area contributed by atoms with Crippen LogP contribution in [-0.4, -0.2) is 28.1 Å². The van der Waals surface area contributed by atoms with Crippen molar-refractivity contribution in [3.8, 4) is 11.4 Å². The molecule has 1 atom stereocenters. The molecule has 0 amide bonds. The lowest BCUT2D eigenvalue weighted by Crippen LogP contribution is -2.18. The highest BCUT2D eigenvalue weighted by Crippen LogP contribution is 2.26. The number of aliphatic hydroxyl groups is 1. The molecule has 0 spiro atoms. The van der Waals surface area contributed by atoms with Crippen LogP contribution in [0.5, 0.6) is 5.75 Å². The van der Waals surface area contributed by atoms with Crippen LogP contribution in [0.4, 0.5) is 0 Å². The van der Waals surface area contributed by atoms with Crippen LogP contribution in [0.2, 0.25) is 0 Å². The van der Waals surface area contributed by atoms with Crippen molar-refractivity contribution in [2.45, 2.75) is 26.4 Å². The summed E-state index contributed by atoms with van der Waals surface area (Å²) in [7, 11) is 0. The fourth-order valence-corrected chi connectivity index (χ4v) is 3.73. The Kier molecular flexibility index (Phi) is 6.12. The van der Waals surface area contributed by atoms with Crippen molar-refractivity contribution in [3.05, 3.63) is 89.7 Å². The molecule has 2 N–H and O–H groups in total. The number of aromatic nitrogens is 2. The van der Waals surface area contributed by atoms with Crippen LogP contribution >= 0.6 is 0 Å². The number of benzene rings is 3. The van der Waals surface area contributed by atoms with Crippen molar-refractivity contribution >= 4 is 10.8 Å². The monoisotopic (exact) mass is 401 g/mol. The Bertz CT molecular complexity index is 1110. The Morgan fingerprint density at radius 1 is 1.03 bits per heavy atom. The van der Waals surface area contributed by atoms with E-state index in [4.69, 9.17) is 14.9 Å². The number of ether oxygens (including phenoxy) is 1. The third kappa shape index (κ3) is 4.22. The number of rotatable bonds is 8. The average Bonchev–Trinajstić information content (AvgIpc) is 3.17. The van der Waals surface area contributed by atoms with E-state index in [-0.39, 0.29) is 12.6 Å². The summed E-state index contributed by atoms with van der Waals surface area (Å²) in [5, 5.41) is 19.5. The first-order valence-electron chi connectivity index (χ1n) is 10.3. The molecule has 1 aromatic heterocycles. The van der Waals surface area contributed by atoms with Crippen molar-refractivity contribution in [2.24, 2.45) is 0 Å². The first kappa shape index (κ1) is 20.1. The number of nitrogens with one attached hydrogen (secondary N) is 1. The third-order valence-corrected chi connectivity index (χ3v) is 5.40. The van der Waals surface area contributed by atoms with Gasteiger partial charge in [0.1, 0.15) is 12.4 Å². The summed E-state index contributed by atoms with van der Waals surface area (Å²) < 4.78 is 7.45. The molecule has 0 fully saturated rings. The zero-order chi connectivity index (χ0) is 20.9. The predicted molar refractivity (Wildman–Crippen MR) is 120 cm³/mol. The maximum absolute atomic E-state index is 8.84. The maximum Gasteiger partial charge on any atom is 0.119 e. The van der Waals surface area contributed by atoms with Crippen LogP contribution in [0.25, 0.3) is 16.5 Å². The van der Waals surface area contributed by atoms with Crippen molar-refractivity contribution in [3.63, 3.8) is 0 Å². The first-order chi connectivity index (χ1) is 14.7. The normalized spacial score (nSPS) is 12.2. The van der Waals surface area contributed by atoms with Gasteiger partial charge in [-0.3, -0.25) is 0 Å². The van der Waals surface area contributed by atoms with Crippen molar-refractivity contribution in [2.75, 3.05) is 13.2 Å². The van der Waals surface area contributed by atoms with Gasteiger partial charge in [0.15, 0.2) is 0 Å². The third-order valence-electron chi connectivity index (χ3n) is 5.40. The molecule has 0 saturated heterocycles. The quantitative estimate of drug-likeness (QED) is 0.455. The Balaban J connectivity index is 1.48. The predicted octanol–water partition coefficient (Wildman–Crippen LogP) is 4.56. The van der Waals surface area contributed by atoms with Gasteiger partial charge in [-0.05, 0) is 43.0 Å². The molecule has 0 aliphatic carbocycles. The number of nitrogens with zero attached hydrogens (tertiary/aromatic N) is 2. The van der Waals surface area contributed by atoms with Crippen molar-refractivity contribution < 1.29 is 9.84 Å². The standard InChI is InChI=1S/C25H27N3O2/c1-18(26-16-20-10-12-22(13-11-20)30-15-14-29)24-17-27-28(19(24)2)25-9-5-7-21-6-3-4-8-23(21)25/h3-13,17-18,26,29H,14-16H2,1-2H3. The van der Waals surface area contributed by atoms with Gasteiger partial charge in [0.2, 0.25) is 0 Å². The molecule has 0 aliphatic rings. The Hall–Kier alpha value is -3.15. The van der Waals surface area contributed by atoms with E-state index in [0.29, 0.717) is 6.61 Å². The molecule has 3 aromatic carbocycles. The van der Waals surface area contributed by atoms with Crippen molar-refractivity contribution in [1.82, 2.24) is 15.1 Å². The highest BCUT2D eigenvalue weighted by Gasteiger charge is 2.15. The lowest BCUT2D eigenvalue weighted by Gasteiger charge is -2.15. The number of hydrogen-bond donors (Lipinski definition) is 2. The second-order valence-electron chi connectivity index (χ2n) is 7.41. The summed E-state index contributed by atoms with van der Waals surface area (Å²) in [6.45, 7) is 5.37. The highest BCUT2D eigenvalue weighted by molar-refractivity contribution is 5.90. The zero-order valence-corrected chi connectivity index (χ0v) is 17.4. The topological polar surface area (TPSA) is 59.3 Å². The Labute approximate surface area is 176 Å². The molecular formula is C25H27N3O2. The minimum absolute atomic E-state index is 0.0205. The van der Waals surface area contributed by atoms with Gasteiger partial charge in [0.05, 0.1) is 18.5 Å². The van der Waals surface area contributed by atoms with Gasteiger partial charge in [-0.15, -0.1) is 0 Å². The molecule has 4 rings (SSSR count). The second kappa shape index (κ2) is 9.11. The lowest BCUT2D eigenvalue weighted by molar-refractivity contribution is 0.201. The summed E-state index contributed by atoms with van der Waals surface area (Å²) in [6.07, 6.45) is 1.96. The van der Waals surface area contributed by atoms with Crippen LogP contribution in [0.15, 0.2) is 72.9 Å². The number of fused-ring (bicyclic) bond motifs is 1. The van der Waals surface area contributed by atoms with E-state index in [2.05, 4.69) is 61.6 Å². The molecule has 5 heteroatoms. The molecule has 0 bridgehead atoms. The van der Waals surface area contributed by atoms with Gasteiger partial charge in [-0.1, -0.05) is 48.5 Å². The first-order valence-corrected chi connectivity index (χ1v) is 10.3. The van der Waals surface area contributed by atoms with Gasteiger partial charge in [-0.2, -0.15) is 5.10 Å². The minimum Gasteiger partial charge on any atom is -0.491 e. The fourth-order valence-electron chi connectivity index (χ4n) is 3.73. The molecule has 0 aliphatic heterocycles. The molecular weight excluding hydrogens is 374 g/mol. The van der Waals surface area contributed by atoms with Crippen LogP contribution in [0.1, 0.15) is 29.8 Å². The van der Waals surface area contributed by atoms with E-state index in [0.717, 1.165) is 23.7 Å². The fraction of sp³-hybridized carbons (Fsp3) is 0.240. The molecule has 1 heterocycles. The van der Waals surface area contributed by atoms with Gasteiger partial charge >= 0.3 is 0 Å². The molecule has 0 radical (unpaired) electrons. The maximum atomic E-state index is 8.84. The summed E-state index contributed by atoms with van der Waals surface area (Å²) >= 11 is 0. The SMILES string of the molecule is Cc1c(C(C)NCc2ccc(OCCO)cc2)cnn1-c1cccc2ccccc12. The number of hydrogen-bond acceptors (Lipinski definition) is 4. The van der Waals surface area contributed by atoms with Crippen LogP contribution in [0, 0.1) is 6.92 Å². The lowest BCUT2D eigenvalue weighted by atomic mass is 10.1. The van der Waals surface area contributed by atoms with Crippen LogP contribution in [0.3, 0.4) is 0 Å². The summed E-state index contributed by atoms with van der Waals surface area (Å²) in [6, 6.07) is 22.8. The molecule has 5 nitrogen and oxygen atoms in total. The second-order valence-corrected chi connectivity index (χ2v) is 7.41. The Morgan fingerprint density at radius 3 is 2.60 bits per heavy atom. The largest absolute Gasteiger partial charge is 0.491 e. The number of aliphatic hydroxyl groups excluding tert-OH is 1.